The van der Waals surface area contributed by atoms with E-state index in [1.54, 1.807) is 10.7 Å². The van der Waals surface area contributed by atoms with Gasteiger partial charge < -0.3 is 11.1 Å². The number of amides is 1. The van der Waals surface area contributed by atoms with E-state index in [-0.39, 0.29) is 5.91 Å². The van der Waals surface area contributed by atoms with E-state index in [1.807, 2.05) is 40.8 Å². The molecule has 0 fully saturated rings. The first-order valence-electron chi connectivity index (χ1n) is 6.49. The van der Waals surface area contributed by atoms with Gasteiger partial charge in [0.25, 0.3) is 5.91 Å². The van der Waals surface area contributed by atoms with Crippen molar-refractivity contribution in [3.8, 4) is 0 Å². The van der Waals surface area contributed by atoms with Crippen molar-refractivity contribution in [1.29, 1.82) is 0 Å². The van der Waals surface area contributed by atoms with Gasteiger partial charge in [0.05, 0.1) is 17.1 Å². The molecule has 5 nitrogen and oxygen atoms in total. The van der Waals surface area contributed by atoms with E-state index < -0.39 is 0 Å². The Morgan fingerprint density at radius 1 is 1.20 bits per heavy atom. The van der Waals surface area contributed by atoms with Crippen molar-refractivity contribution in [3.05, 3.63) is 40.2 Å². The van der Waals surface area contributed by atoms with E-state index in [0.717, 1.165) is 28.2 Å². The van der Waals surface area contributed by atoms with Crippen LogP contribution in [-0.2, 0) is 7.05 Å². The number of carbonyl (C=O) groups is 1. The van der Waals surface area contributed by atoms with Crippen LogP contribution >= 0.6 is 0 Å². The first-order chi connectivity index (χ1) is 9.31. The Labute approximate surface area is 118 Å². The van der Waals surface area contributed by atoms with Crippen molar-refractivity contribution >= 4 is 17.3 Å². The van der Waals surface area contributed by atoms with Crippen LogP contribution in [0.4, 0.5) is 11.4 Å². The number of nitrogen functional groups attached to an aromatic ring is 1. The normalized spacial score (nSPS) is 10.7. The van der Waals surface area contributed by atoms with E-state index in [4.69, 9.17) is 5.73 Å². The molecular weight excluding hydrogens is 252 g/mol. The zero-order chi connectivity index (χ0) is 15.0. The van der Waals surface area contributed by atoms with Crippen molar-refractivity contribution in [2.45, 2.75) is 27.7 Å². The number of nitrogens with one attached hydrogen (secondary N) is 1. The summed E-state index contributed by atoms with van der Waals surface area (Å²) < 4.78 is 1.75. The summed E-state index contributed by atoms with van der Waals surface area (Å²) in [5.74, 6) is -0.159. The van der Waals surface area contributed by atoms with Crippen molar-refractivity contribution < 1.29 is 4.79 Å². The number of benzene rings is 1. The van der Waals surface area contributed by atoms with Crippen LogP contribution in [0.15, 0.2) is 12.1 Å². The summed E-state index contributed by atoms with van der Waals surface area (Å²) in [7, 11) is 1.85. The van der Waals surface area contributed by atoms with Crippen molar-refractivity contribution in [3.63, 3.8) is 0 Å². The number of rotatable bonds is 2. The van der Waals surface area contributed by atoms with Gasteiger partial charge in [-0.1, -0.05) is 6.07 Å². The highest BCUT2D eigenvalue weighted by Gasteiger charge is 2.16. The highest BCUT2D eigenvalue weighted by Crippen LogP contribution is 2.22. The van der Waals surface area contributed by atoms with Crippen LogP contribution < -0.4 is 11.1 Å². The van der Waals surface area contributed by atoms with E-state index in [1.165, 1.54) is 0 Å². The Morgan fingerprint density at radius 2 is 1.85 bits per heavy atom. The fraction of sp³-hybridized carbons (Fsp3) is 0.333. The lowest BCUT2D eigenvalue weighted by atomic mass is 10.0. The lowest BCUT2D eigenvalue weighted by molar-refractivity contribution is 0.102. The average molecular weight is 272 g/mol. The molecule has 0 unspecified atom stereocenters. The predicted molar refractivity (Wildman–Crippen MR) is 81.0 cm³/mol. The van der Waals surface area contributed by atoms with E-state index in [2.05, 4.69) is 10.4 Å². The topological polar surface area (TPSA) is 72.9 Å². The van der Waals surface area contributed by atoms with Crippen LogP contribution in [0.25, 0.3) is 0 Å². The summed E-state index contributed by atoms with van der Waals surface area (Å²) in [4.78, 5) is 12.4. The minimum Gasteiger partial charge on any atom is -0.398 e. The van der Waals surface area contributed by atoms with Crippen molar-refractivity contribution in [2.24, 2.45) is 7.05 Å². The number of hydrogen-bond acceptors (Lipinski definition) is 3. The number of aryl methyl sites for hydroxylation is 4. The zero-order valence-corrected chi connectivity index (χ0v) is 12.5. The number of anilines is 2. The third-order valence-corrected chi connectivity index (χ3v) is 3.61. The number of carbonyl (C=O) groups excluding carboxylic acids is 1. The van der Waals surface area contributed by atoms with Gasteiger partial charge in [-0.15, -0.1) is 0 Å². The molecule has 1 heterocycles. The lowest BCUT2D eigenvalue weighted by Gasteiger charge is -2.10. The summed E-state index contributed by atoms with van der Waals surface area (Å²) in [6, 6.07) is 3.65. The van der Waals surface area contributed by atoms with Gasteiger partial charge in [0, 0.05) is 18.3 Å². The molecule has 3 N–H and O–H groups in total. The molecule has 2 rings (SSSR count). The van der Waals surface area contributed by atoms with Gasteiger partial charge in [-0.3, -0.25) is 9.48 Å². The second kappa shape index (κ2) is 5.00. The molecule has 20 heavy (non-hydrogen) atoms. The quantitative estimate of drug-likeness (QED) is 0.825. The molecule has 2 aromatic rings. The maximum Gasteiger partial charge on any atom is 0.256 e. The Hall–Kier alpha value is -2.30. The molecule has 0 saturated carbocycles. The smallest absolute Gasteiger partial charge is 0.256 e. The number of hydrogen-bond donors (Lipinski definition) is 2. The first-order valence-corrected chi connectivity index (χ1v) is 6.49. The minimum absolute atomic E-state index is 0.159. The molecule has 0 atom stereocenters. The fourth-order valence-electron chi connectivity index (χ4n) is 2.25. The summed E-state index contributed by atoms with van der Waals surface area (Å²) in [5, 5.41) is 7.21. The van der Waals surface area contributed by atoms with Gasteiger partial charge in [-0.25, -0.2) is 0 Å². The standard InChI is InChI=1S/C15H20N4O/c1-8-6-9(2)13(16)7-12(8)15(20)17-14-10(3)18-19(5)11(14)4/h6-7H,16H2,1-5H3,(H,17,20). The lowest BCUT2D eigenvalue weighted by Crippen LogP contribution is -2.15. The van der Waals surface area contributed by atoms with Gasteiger partial charge >= 0.3 is 0 Å². The monoisotopic (exact) mass is 272 g/mol. The first kappa shape index (κ1) is 14.1. The molecule has 1 aromatic carbocycles. The van der Waals surface area contributed by atoms with Crippen molar-refractivity contribution in [2.75, 3.05) is 11.1 Å². The number of nitrogens with zero attached hydrogens (tertiary/aromatic N) is 2. The highest BCUT2D eigenvalue weighted by atomic mass is 16.1. The van der Waals surface area contributed by atoms with E-state index >= 15 is 0 Å². The van der Waals surface area contributed by atoms with Crippen LogP contribution in [0, 0.1) is 27.7 Å². The number of nitrogens with two attached hydrogens (primary N) is 1. The van der Waals surface area contributed by atoms with Crippen LogP contribution in [0.3, 0.4) is 0 Å². The summed E-state index contributed by atoms with van der Waals surface area (Å²) in [5.41, 5.74) is 11.5. The molecule has 106 valence electrons. The molecule has 0 spiro atoms. The second-order valence-electron chi connectivity index (χ2n) is 5.15. The molecule has 5 heteroatoms. The maximum absolute atomic E-state index is 12.4. The molecule has 0 aliphatic carbocycles. The van der Waals surface area contributed by atoms with Crippen LogP contribution in [0.2, 0.25) is 0 Å². The third kappa shape index (κ3) is 2.39. The Bertz CT molecular complexity index is 686. The van der Waals surface area contributed by atoms with Crippen LogP contribution in [0.1, 0.15) is 32.9 Å². The molecule has 0 aliphatic heterocycles. The zero-order valence-electron chi connectivity index (χ0n) is 12.5. The average Bonchev–Trinajstić information content (AvgIpc) is 2.60. The van der Waals surface area contributed by atoms with Crippen LogP contribution in [0.5, 0.6) is 0 Å². The third-order valence-electron chi connectivity index (χ3n) is 3.61. The minimum atomic E-state index is -0.159. The Morgan fingerprint density at radius 3 is 2.40 bits per heavy atom. The van der Waals surface area contributed by atoms with Crippen LogP contribution in [-0.4, -0.2) is 15.7 Å². The Kier molecular flexibility index (Phi) is 3.53. The largest absolute Gasteiger partial charge is 0.398 e. The molecule has 0 bridgehead atoms. The van der Waals surface area contributed by atoms with E-state index in [9.17, 15) is 4.79 Å². The van der Waals surface area contributed by atoms with Gasteiger partial charge in [0.2, 0.25) is 0 Å². The SMILES string of the molecule is Cc1cc(C)c(C(=O)Nc2c(C)nn(C)c2C)cc1N. The summed E-state index contributed by atoms with van der Waals surface area (Å²) in [6.07, 6.45) is 0. The fourth-order valence-corrected chi connectivity index (χ4v) is 2.25. The summed E-state index contributed by atoms with van der Waals surface area (Å²) >= 11 is 0. The highest BCUT2D eigenvalue weighted by molar-refractivity contribution is 6.06. The molecule has 1 aromatic heterocycles. The van der Waals surface area contributed by atoms with Gasteiger partial charge in [0.1, 0.15) is 0 Å². The number of aromatic nitrogens is 2. The molecular formula is C15H20N4O. The molecule has 0 saturated heterocycles. The van der Waals surface area contributed by atoms with Crippen molar-refractivity contribution in [1.82, 2.24) is 9.78 Å². The Balaban J connectivity index is 2.36. The molecule has 1 amide bonds. The second-order valence-corrected chi connectivity index (χ2v) is 5.15. The van der Waals surface area contributed by atoms with Gasteiger partial charge in [-0.05, 0) is 44.9 Å². The molecule has 0 radical (unpaired) electrons. The summed E-state index contributed by atoms with van der Waals surface area (Å²) in [6.45, 7) is 7.63. The molecule has 0 aliphatic rings. The predicted octanol–water partition coefficient (Wildman–Crippen LogP) is 2.49. The van der Waals surface area contributed by atoms with Gasteiger partial charge in [0.15, 0.2) is 0 Å². The van der Waals surface area contributed by atoms with E-state index in [0.29, 0.717) is 11.3 Å². The van der Waals surface area contributed by atoms with Gasteiger partial charge in [-0.2, -0.15) is 5.10 Å². The maximum atomic E-state index is 12.4.